The maximum Gasteiger partial charge on any atom is 0.318 e. The first-order chi connectivity index (χ1) is 20.0. The van der Waals surface area contributed by atoms with E-state index in [1.807, 2.05) is 54.6 Å². The lowest BCUT2D eigenvalue weighted by Crippen LogP contribution is -2.33. The summed E-state index contributed by atoms with van der Waals surface area (Å²) in [6.07, 6.45) is 4.04. The number of benzene rings is 3. The Morgan fingerprint density at radius 3 is 2.07 bits per heavy atom. The van der Waals surface area contributed by atoms with Crippen molar-refractivity contribution in [2.75, 3.05) is 30.5 Å². The van der Waals surface area contributed by atoms with Gasteiger partial charge < -0.3 is 24.8 Å². The van der Waals surface area contributed by atoms with E-state index in [0.717, 1.165) is 36.3 Å². The lowest BCUT2D eigenvalue weighted by atomic mass is 9.98. The SMILES string of the molecule is CCCCOc1cccc(OCCCCC(=O)Nc2cccc(NC(=O)C(Cc3ccccc3)C(=O)OCC)c2)c1. The minimum Gasteiger partial charge on any atom is -0.493 e. The molecule has 0 aliphatic heterocycles. The first-order valence-electron chi connectivity index (χ1n) is 14.3. The van der Waals surface area contributed by atoms with Gasteiger partial charge in [-0.15, -0.1) is 0 Å². The highest BCUT2D eigenvalue weighted by atomic mass is 16.5. The number of carbonyl (C=O) groups is 3. The van der Waals surface area contributed by atoms with Gasteiger partial charge in [-0.25, -0.2) is 0 Å². The molecule has 8 heteroatoms. The normalized spacial score (nSPS) is 11.3. The summed E-state index contributed by atoms with van der Waals surface area (Å²) < 4.78 is 16.7. The maximum absolute atomic E-state index is 13.0. The number of hydrogen-bond donors (Lipinski definition) is 2. The maximum atomic E-state index is 13.0. The van der Waals surface area contributed by atoms with Gasteiger partial charge in [-0.2, -0.15) is 0 Å². The van der Waals surface area contributed by atoms with Crippen LogP contribution in [0.4, 0.5) is 11.4 Å². The summed E-state index contributed by atoms with van der Waals surface area (Å²) in [4.78, 5) is 38.1. The molecule has 0 aromatic heterocycles. The molecule has 3 aromatic carbocycles. The first kappa shape index (κ1) is 31.2. The topological polar surface area (TPSA) is 103 Å². The Bertz CT molecular complexity index is 1250. The van der Waals surface area contributed by atoms with E-state index in [4.69, 9.17) is 14.2 Å². The lowest BCUT2D eigenvalue weighted by molar-refractivity contribution is -0.150. The Kier molecular flexibility index (Phi) is 13.2. The molecule has 2 amide bonds. The number of ether oxygens (including phenoxy) is 3. The molecule has 3 aromatic rings. The van der Waals surface area contributed by atoms with Gasteiger partial charge in [-0.05, 0) is 68.5 Å². The van der Waals surface area contributed by atoms with Crippen molar-refractivity contribution in [2.24, 2.45) is 5.92 Å². The van der Waals surface area contributed by atoms with Crippen LogP contribution in [-0.2, 0) is 25.5 Å². The summed E-state index contributed by atoms with van der Waals surface area (Å²) in [7, 11) is 0. The molecule has 3 rings (SSSR count). The van der Waals surface area contributed by atoms with E-state index >= 15 is 0 Å². The van der Waals surface area contributed by atoms with E-state index < -0.39 is 17.8 Å². The Labute approximate surface area is 242 Å². The molecule has 8 nitrogen and oxygen atoms in total. The zero-order valence-electron chi connectivity index (χ0n) is 23.9. The molecule has 0 aliphatic rings. The average molecular weight is 561 g/mol. The number of rotatable bonds is 17. The predicted molar refractivity (Wildman–Crippen MR) is 160 cm³/mol. The van der Waals surface area contributed by atoms with E-state index in [1.165, 1.54) is 0 Å². The Balaban J connectivity index is 1.44. The van der Waals surface area contributed by atoms with Gasteiger partial charge in [-0.1, -0.05) is 55.8 Å². The summed E-state index contributed by atoms with van der Waals surface area (Å²) in [6, 6.07) is 23.8. The average Bonchev–Trinajstić information content (AvgIpc) is 2.97. The van der Waals surface area contributed by atoms with Gasteiger partial charge in [0.1, 0.15) is 17.4 Å². The molecule has 1 unspecified atom stereocenters. The zero-order chi connectivity index (χ0) is 29.3. The van der Waals surface area contributed by atoms with E-state index in [-0.39, 0.29) is 18.9 Å². The van der Waals surface area contributed by atoms with Gasteiger partial charge in [0.15, 0.2) is 0 Å². The third kappa shape index (κ3) is 11.4. The molecular formula is C33H40N2O6. The van der Waals surface area contributed by atoms with Crippen molar-refractivity contribution >= 4 is 29.2 Å². The highest BCUT2D eigenvalue weighted by molar-refractivity contribution is 6.05. The summed E-state index contributed by atoms with van der Waals surface area (Å²) in [6.45, 7) is 5.20. The van der Waals surface area contributed by atoms with Crippen molar-refractivity contribution in [3.63, 3.8) is 0 Å². The summed E-state index contributed by atoms with van der Waals surface area (Å²) in [5, 5.41) is 5.66. The molecule has 41 heavy (non-hydrogen) atoms. The van der Waals surface area contributed by atoms with Crippen molar-refractivity contribution in [3.05, 3.63) is 84.4 Å². The smallest absolute Gasteiger partial charge is 0.318 e. The molecule has 0 spiro atoms. The Morgan fingerprint density at radius 1 is 0.732 bits per heavy atom. The van der Waals surface area contributed by atoms with Crippen molar-refractivity contribution in [3.8, 4) is 11.5 Å². The number of nitrogens with one attached hydrogen (secondary N) is 2. The summed E-state index contributed by atoms with van der Waals surface area (Å²) in [5.41, 5.74) is 1.89. The van der Waals surface area contributed by atoms with Crippen LogP contribution in [0.2, 0.25) is 0 Å². The molecule has 2 N–H and O–H groups in total. The fourth-order valence-corrected chi connectivity index (χ4v) is 4.07. The highest BCUT2D eigenvalue weighted by Gasteiger charge is 2.28. The van der Waals surface area contributed by atoms with Crippen LogP contribution in [0.15, 0.2) is 78.9 Å². The van der Waals surface area contributed by atoms with Crippen LogP contribution in [-0.4, -0.2) is 37.6 Å². The van der Waals surface area contributed by atoms with Gasteiger partial charge in [0, 0.05) is 23.9 Å². The minimum absolute atomic E-state index is 0.131. The molecule has 0 radical (unpaired) electrons. The Morgan fingerprint density at radius 2 is 1.39 bits per heavy atom. The monoisotopic (exact) mass is 560 g/mol. The molecule has 0 bridgehead atoms. The molecular weight excluding hydrogens is 520 g/mol. The standard InChI is InChI=1S/C33H40N2O6/c1-3-5-20-40-28-17-12-18-29(24-28)41-21-10-9-19-31(36)34-26-15-11-16-27(23-26)35-32(37)30(33(38)39-4-2)22-25-13-7-6-8-14-25/h6-8,11-18,23-24,30H,3-5,9-10,19-22H2,1-2H3,(H,34,36)(H,35,37). The van der Waals surface area contributed by atoms with Gasteiger partial charge >= 0.3 is 5.97 Å². The van der Waals surface area contributed by atoms with Crippen LogP contribution in [0.25, 0.3) is 0 Å². The van der Waals surface area contributed by atoms with Gasteiger partial charge in [0.05, 0.1) is 19.8 Å². The van der Waals surface area contributed by atoms with Gasteiger partial charge in [-0.3, -0.25) is 14.4 Å². The zero-order valence-corrected chi connectivity index (χ0v) is 23.9. The van der Waals surface area contributed by atoms with E-state index in [1.54, 1.807) is 31.2 Å². The van der Waals surface area contributed by atoms with Crippen LogP contribution >= 0.6 is 0 Å². The number of carbonyl (C=O) groups excluding carboxylic acids is 3. The molecule has 1 atom stereocenters. The molecule has 0 heterocycles. The molecule has 0 fully saturated rings. The minimum atomic E-state index is -0.992. The predicted octanol–water partition coefficient (Wildman–Crippen LogP) is 6.41. The van der Waals surface area contributed by atoms with Crippen LogP contribution in [0.1, 0.15) is 51.5 Å². The first-order valence-corrected chi connectivity index (χ1v) is 14.3. The number of amides is 2. The Hall–Kier alpha value is -4.33. The van der Waals surface area contributed by atoms with Crippen LogP contribution in [0.5, 0.6) is 11.5 Å². The van der Waals surface area contributed by atoms with E-state index in [2.05, 4.69) is 17.6 Å². The third-order valence-electron chi connectivity index (χ3n) is 6.22. The second-order valence-electron chi connectivity index (χ2n) is 9.60. The molecule has 0 aliphatic carbocycles. The second kappa shape index (κ2) is 17.4. The molecule has 218 valence electrons. The van der Waals surface area contributed by atoms with Crippen molar-refractivity contribution < 1.29 is 28.6 Å². The highest BCUT2D eigenvalue weighted by Crippen LogP contribution is 2.21. The van der Waals surface area contributed by atoms with Gasteiger partial charge in [0.25, 0.3) is 0 Å². The largest absolute Gasteiger partial charge is 0.493 e. The van der Waals surface area contributed by atoms with Gasteiger partial charge in [0.2, 0.25) is 11.8 Å². The van der Waals surface area contributed by atoms with Crippen LogP contribution < -0.4 is 20.1 Å². The fraction of sp³-hybridized carbons (Fsp3) is 0.364. The fourth-order valence-electron chi connectivity index (χ4n) is 4.07. The van der Waals surface area contributed by atoms with Crippen LogP contribution in [0.3, 0.4) is 0 Å². The quantitative estimate of drug-likeness (QED) is 0.112. The van der Waals surface area contributed by atoms with Crippen molar-refractivity contribution in [1.29, 1.82) is 0 Å². The lowest BCUT2D eigenvalue weighted by Gasteiger charge is -2.16. The molecule has 0 saturated carbocycles. The summed E-state index contributed by atoms with van der Waals surface area (Å²) >= 11 is 0. The third-order valence-corrected chi connectivity index (χ3v) is 6.22. The van der Waals surface area contributed by atoms with Crippen molar-refractivity contribution in [1.82, 2.24) is 0 Å². The number of unbranched alkanes of at least 4 members (excludes halogenated alkanes) is 2. The summed E-state index contributed by atoms with van der Waals surface area (Å²) in [5.74, 6) is -0.621. The van der Waals surface area contributed by atoms with E-state index in [0.29, 0.717) is 37.4 Å². The number of anilines is 2. The second-order valence-corrected chi connectivity index (χ2v) is 9.60. The number of esters is 1. The van der Waals surface area contributed by atoms with E-state index in [9.17, 15) is 14.4 Å². The van der Waals surface area contributed by atoms with Crippen LogP contribution in [0, 0.1) is 5.92 Å². The number of hydrogen-bond acceptors (Lipinski definition) is 6. The molecule has 0 saturated heterocycles. The van der Waals surface area contributed by atoms with Crippen molar-refractivity contribution in [2.45, 2.75) is 52.4 Å².